The van der Waals surface area contributed by atoms with Crippen LogP contribution in [0.3, 0.4) is 0 Å². The van der Waals surface area contributed by atoms with Gasteiger partial charge in [-0.25, -0.2) is 8.78 Å². The number of nitrogens with one attached hydrogen (secondary N) is 1. The molecule has 0 bridgehead atoms. The van der Waals surface area contributed by atoms with Crippen LogP contribution in [0, 0.1) is 5.82 Å². The minimum Gasteiger partial charge on any atom is -0.350 e. The SMILES string of the molecule is CC(=O)c1cn(CC(=O)N2CC(F)CC2C(=O)NCc2cccc(Cl)c2F)c2cc(Br)ccc12. The Labute approximate surface area is 208 Å². The van der Waals surface area contributed by atoms with Crippen molar-refractivity contribution in [2.75, 3.05) is 6.54 Å². The van der Waals surface area contributed by atoms with Gasteiger partial charge in [-0.15, -0.1) is 0 Å². The molecule has 4 rings (SSSR count). The zero-order valence-corrected chi connectivity index (χ0v) is 20.5. The summed E-state index contributed by atoms with van der Waals surface area (Å²) in [4.78, 5) is 39.2. The van der Waals surface area contributed by atoms with Gasteiger partial charge in [0.2, 0.25) is 11.8 Å². The number of rotatable bonds is 6. The number of nitrogens with zero attached hydrogens (tertiary/aromatic N) is 2. The second-order valence-electron chi connectivity index (χ2n) is 8.21. The van der Waals surface area contributed by atoms with E-state index in [1.807, 2.05) is 0 Å². The molecule has 2 atom stereocenters. The van der Waals surface area contributed by atoms with Gasteiger partial charge in [0.15, 0.2) is 5.78 Å². The van der Waals surface area contributed by atoms with Crippen LogP contribution in [0.1, 0.15) is 29.3 Å². The maximum absolute atomic E-state index is 14.3. The maximum atomic E-state index is 14.3. The first-order valence-corrected chi connectivity index (χ1v) is 11.8. The minimum absolute atomic E-state index is 0.0660. The molecule has 1 aliphatic rings. The van der Waals surface area contributed by atoms with Crippen LogP contribution in [-0.4, -0.2) is 45.8 Å². The minimum atomic E-state index is -1.36. The maximum Gasteiger partial charge on any atom is 0.243 e. The van der Waals surface area contributed by atoms with Crippen molar-refractivity contribution in [3.8, 4) is 0 Å². The number of aromatic nitrogens is 1. The van der Waals surface area contributed by atoms with Gasteiger partial charge in [-0.1, -0.05) is 45.7 Å². The summed E-state index contributed by atoms with van der Waals surface area (Å²) in [5.74, 6) is -1.81. The van der Waals surface area contributed by atoms with Gasteiger partial charge in [-0.2, -0.15) is 0 Å². The van der Waals surface area contributed by atoms with Gasteiger partial charge in [0, 0.05) is 40.1 Å². The summed E-state index contributed by atoms with van der Waals surface area (Å²) in [6.07, 6.45) is 0.0924. The summed E-state index contributed by atoms with van der Waals surface area (Å²) in [5, 5.41) is 3.21. The van der Waals surface area contributed by atoms with Crippen LogP contribution < -0.4 is 5.32 Å². The normalized spacial score (nSPS) is 17.9. The molecule has 10 heteroatoms. The van der Waals surface area contributed by atoms with Crippen molar-refractivity contribution in [1.82, 2.24) is 14.8 Å². The number of carbonyl (C=O) groups is 3. The number of carbonyl (C=O) groups excluding carboxylic acids is 3. The fourth-order valence-electron chi connectivity index (χ4n) is 4.21. The van der Waals surface area contributed by atoms with Crippen molar-refractivity contribution < 1.29 is 23.2 Å². The van der Waals surface area contributed by atoms with E-state index >= 15 is 0 Å². The largest absolute Gasteiger partial charge is 0.350 e. The van der Waals surface area contributed by atoms with Crippen molar-refractivity contribution in [2.45, 2.75) is 38.6 Å². The molecule has 178 valence electrons. The molecular weight excluding hydrogens is 532 g/mol. The number of ketones is 1. The predicted molar refractivity (Wildman–Crippen MR) is 128 cm³/mol. The molecule has 2 aromatic carbocycles. The molecule has 1 aromatic heterocycles. The molecule has 2 unspecified atom stereocenters. The highest BCUT2D eigenvalue weighted by molar-refractivity contribution is 9.10. The van der Waals surface area contributed by atoms with E-state index in [0.29, 0.717) is 16.5 Å². The molecule has 6 nitrogen and oxygen atoms in total. The standard InChI is InChI=1S/C24H21BrClF2N3O3/c1-13(32)18-11-30(20-7-15(25)5-6-17(18)20)12-22(33)31-10-16(27)8-21(31)24(34)29-9-14-3-2-4-19(26)23(14)28/h2-7,11,16,21H,8-10,12H2,1H3,(H,29,34). The Balaban J connectivity index is 1.52. The molecule has 1 saturated heterocycles. The third-order valence-electron chi connectivity index (χ3n) is 5.89. The van der Waals surface area contributed by atoms with Gasteiger partial charge >= 0.3 is 0 Å². The number of halogens is 4. The summed E-state index contributed by atoms with van der Waals surface area (Å²) >= 11 is 9.17. The quantitative estimate of drug-likeness (QED) is 0.453. The first kappa shape index (κ1) is 24.3. The molecule has 0 radical (unpaired) electrons. The van der Waals surface area contributed by atoms with E-state index in [2.05, 4.69) is 21.2 Å². The molecule has 1 N–H and O–H groups in total. The second kappa shape index (κ2) is 9.84. The van der Waals surface area contributed by atoms with Crippen molar-refractivity contribution in [2.24, 2.45) is 0 Å². The van der Waals surface area contributed by atoms with Crippen LogP contribution >= 0.6 is 27.5 Å². The topological polar surface area (TPSA) is 71.4 Å². The van der Waals surface area contributed by atoms with E-state index in [1.54, 1.807) is 35.0 Å². The van der Waals surface area contributed by atoms with Crippen LogP contribution in [0.2, 0.25) is 5.02 Å². The van der Waals surface area contributed by atoms with Crippen LogP contribution in [0.4, 0.5) is 8.78 Å². The number of hydrogen-bond donors (Lipinski definition) is 1. The zero-order chi connectivity index (χ0) is 24.6. The fourth-order valence-corrected chi connectivity index (χ4v) is 4.75. The lowest BCUT2D eigenvalue weighted by Crippen LogP contribution is -2.46. The number of Topliss-reactive ketones (excluding diaryl/α,β-unsaturated/α-hetero) is 1. The van der Waals surface area contributed by atoms with Crippen LogP contribution in [0.5, 0.6) is 0 Å². The molecule has 1 aliphatic heterocycles. The first-order valence-electron chi connectivity index (χ1n) is 10.6. The molecule has 0 spiro atoms. The van der Waals surface area contributed by atoms with Gasteiger partial charge in [-0.05, 0) is 25.1 Å². The summed E-state index contributed by atoms with van der Waals surface area (Å²) in [6.45, 7) is 0.920. The van der Waals surface area contributed by atoms with Gasteiger partial charge < -0.3 is 14.8 Å². The Morgan fingerprint density at radius 2 is 2.00 bits per heavy atom. The van der Waals surface area contributed by atoms with Crippen molar-refractivity contribution in [3.63, 3.8) is 0 Å². The third-order valence-corrected chi connectivity index (χ3v) is 6.67. The lowest BCUT2D eigenvalue weighted by atomic mass is 10.1. The number of benzene rings is 2. The summed E-state index contributed by atoms with van der Waals surface area (Å²) < 4.78 is 30.8. The Hall–Kier alpha value is -2.78. The Kier molecular flexibility index (Phi) is 7.04. The van der Waals surface area contributed by atoms with Crippen LogP contribution in [0.25, 0.3) is 10.9 Å². The van der Waals surface area contributed by atoms with E-state index in [1.165, 1.54) is 24.0 Å². The van der Waals surface area contributed by atoms with E-state index < -0.39 is 29.8 Å². The predicted octanol–water partition coefficient (Wildman–Crippen LogP) is 4.65. The molecule has 0 saturated carbocycles. The van der Waals surface area contributed by atoms with Crippen molar-refractivity contribution in [3.05, 3.63) is 69.0 Å². The van der Waals surface area contributed by atoms with Crippen LogP contribution in [-0.2, 0) is 22.7 Å². The monoisotopic (exact) mass is 551 g/mol. The second-order valence-corrected chi connectivity index (χ2v) is 9.54. The first-order chi connectivity index (χ1) is 16.2. The van der Waals surface area contributed by atoms with E-state index in [0.717, 1.165) is 4.47 Å². The van der Waals surface area contributed by atoms with Gasteiger partial charge in [0.05, 0.1) is 17.1 Å². The number of hydrogen-bond acceptors (Lipinski definition) is 3. The molecule has 2 amide bonds. The smallest absolute Gasteiger partial charge is 0.243 e. The lowest BCUT2D eigenvalue weighted by molar-refractivity contribution is -0.139. The molecular formula is C24H21BrClF2N3O3. The van der Waals surface area contributed by atoms with E-state index in [9.17, 15) is 23.2 Å². The summed E-state index contributed by atoms with van der Waals surface area (Å²) in [5.41, 5.74) is 1.33. The summed E-state index contributed by atoms with van der Waals surface area (Å²) in [6, 6.07) is 8.80. The Morgan fingerprint density at radius 3 is 2.74 bits per heavy atom. The van der Waals surface area contributed by atoms with Gasteiger partial charge in [0.1, 0.15) is 24.6 Å². The van der Waals surface area contributed by atoms with Gasteiger partial charge in [-0.3, -0.25) is 14.4 Å². The average molecular weight is 553 g/mol. The molecule has 2 heterocycles. The molecule has 3 aromatic rings. The van der Waals surface area contributed by atoms with Crippen molar-refractivity contribution >= 4 is 56.0 Å². The molecule has 1 fully saturated rings. The van der Waals surface area contributed by atoms with Gasteiger partial charge in [0.25, 0.3) is 0 Å². The highest BCUT2D eigenvalue weighted by Gasteiger charge is 2.39. The van der Waals surface area contributed by atoms with Crippen molar-refractivity contribution in [1.29, 1.82) is 0 Å². The fraction of sp³-hybridized carbons (Fsp3) is 0.292. The highest BCUT2D eigenvalue weighted by atomic mass is 79.9. The average Bonchev–Trinajstić information content (AvgIpc) is 3.35. The summed E-state index contributed by atoms with van der Waals surface area (Å²) in [7, 11) is 0. The zero-order valence-electron chi connectivity index (χ0n) is 18.2. The Bertz CT molecular complexity index is 1300. The molecule has 34 heavy (non-hydrogen) atoms. The number of likely N-dealkylation sites (tertiary alicyclic amines) is 1. The van der Waals surface area contributed by atoms with E-state index in [-0.39, 0.29) is 42.4 Å². The highest BCUT2D eigenvalue weighted by Crippen LogP contribution is 2.27. The lowest BCUT2D eigenvalue weighted by Gasteiger charge is -2.24. The Morgan fingerprint density at radius 1 is 1.24 bits per heavy atom. The number of fused-ring (bicyclic) bond motifs is 1. The number of amides is 2. The number of alkyl halides is 1. The molecule has 0 aliphatic carbocycles. The third kappa shape index (κ3) is 4.86. The van der Waals surface area contributed by atoms with Crippen LogP contribution in [0.15, 0.2) is 47.1 Å². The van der Waals surface area contributed by atoms with E-state index in [4.69, 9.17) is 11.6 Å².